The van der Waals surface area contributed by atoms with E-state index in [1.807, 2.05) is 0 Å². The van der Waals surface area contributed by atoms with Crippen molar-refractivity contribution >= 4 is 26.7 Å². The summed E-state index contributed by atoms with van der Waals surface area (Å²) in [7, 11) is -2.63. The smallest absolute Gasteiger partial charge is 0.372 e. The van der Waals surface area contributed by atoms with E-state index in [0.717, 1.165) is 23.9 Å². The first-order valence-electron chi connectivity index (χ1n) is 10.1. The number of nitrogens with zero attached hydrogens (tertiary/aromatic N) is 2. The predicted molar refractivity (Wildman–Crippen MR) is 116 cm³/mol. The van der Waals surface area contributed by atoms with Crippen LogP contribution in [-0.2, 0) is 42.8 Å². The zero-order valence-corrected chi connectivity index (χ0v) is 20.0. The van der Waals surface area contributed by atoms with Crippen molar-refractivity contribution in [1.82, 2.24) is 9.78 Å². The van der Waals surface area contributed by atoms with Crippen LogP contribution in [0.15, 0.2) is 35.2 Å². The molecule has 0 saturated carbocycles. The summed E-state index contributed by atoms with van der Waals surface area (Å²) < 4.78 is 77.6. The lowest BCUT2D eigenvalue weighted by atomic mass is 9.94. The molecular formula is C21H25F3N2O5S2. The first kappa shape index (κ1) is 25.7. The van der Waals surface area contributed by atoms with Gasteiger partial charge in [-0.2, -0.15) is 18.3 Å². The molecule has 2 aromatic rings. The highest BCUT2D eigenvalue weighted by molar-refractivity contribution is 8.12. The van der Waals surface area contributed by atoms with Gasteiger partial charge in [-0.15, -0.1) is 0 Å². The number of hydrogen-bond donors (Lipinski definition) is 0. The molecule has 0 spiro atoms. The van der Waals surface area contributed by atoms with Gasteiger partial charge in [-0.05, 0) is 44.0 Å². The largest absolute Gasteiger partial charge is 0.416 e. The number of alkyl halides is 3. The average molecular weight is 507 g/mol. The zero-order chi connectivity index (χ0) is 24.4. The molecule has 0 radical (unpaired) electrons. The Kier molecular flexibility index (Phi) is 7.62. The summed E-state index contributed by atoms with van der Waals surface area (Å²) in [6.07, 6.45) is -5.15. The van der Waals surface area contributed by atoms with Gasteiger partial charge >= 0.3 is 6.18 Å². The second-order valence-corrected chi connectivity index (χ2v) is 11.7. The topological polar surface area (TPSA) is 87.5 Å². The van der Waals surface area contributed by atoms with Crippen molar-refractivity contribution < 1.29 is 35.9 Å². The number of sulfone groups is 1. The molecule has 1 saturated heterocycles. The van der Waals surface area contributed by atoms with E-state index in [2.05, 4.69) is 5.10 Å². The van der Waals surface area contributed by atoms with E-state index in [4.69, 9.17) is 9.47 Å². The Labute approximate surface area is 194 Å². The standard InChI is InChI=1S/C21H25F3N2O5S2/c1-14(27)32-12-16-10-18(26(25-16)13-30-3)19-11-20(2,7-8-31-19)33(28,29)17-6-4-5-15(9-17)21(22,23)24/h4-6,9-10,19H,7-8,11-13H2,1-3H3. The Morgan fingerprint density at radius 1 is 1.36 bits per heavy atom. The molecule has 2 heterocycles. The van der Waals surface area contributed by atoms with Gasteiger partial charge in [0, 0.05) is 26.4 Å². The Hall–Kier alpha value is -1.89. The molecule has 1 aliphatic rings. The number of ether oxygens (including phenoxy) is 2. The third-order valence-corrected chi connectivity index (χ3v) is 8.94. The van der Waals surface area contributed by atoms with Crippen molar-refractivity contribution in [2.45, 2.75) is 61.1 Å². The number of methoxy groups -OCH3 is 1. The third-order valence-electron chi connectivity index (χ3n) is 5.55. The van der Waals surface area contributed by atoms with Crippen LogP contribution in [0, 0.1) is 0 Å². The second-order valence-electron chi connectivity index (χ2n) is 8.05. The molecule has 12 heteroatoms. The number of halogens is 3. The van der Waals surface area contributed by atoms with Gasteiger partial charge < -0.3 is 9.47 Å². The molecular weight excluding hydrogens is 481 g/mol. The zero-order valence-electron chi connectivity index (χ0n) is 18.4. The molecule has 1 aromatic carbocycles. The Balaban J connectivity index is 1.92. The van der Waals surface area contributed by atoms with Crippen LogP contribution >= 0.6 is 11.8 Å². The molecule has 0 N–H and O–H groups in total. The lowest BCUT2D eigenvalue weighted by Crippen LogP contribution is -2.42. The number of carbonyl (C=O) groups is 1. The number of carbonyl (C=O) groups excluding carboxylic acids is 1. The average Bonchev–Trinajstić information content (AvgIpc) is 3.15. The fraction of sp³-hybridized carbons (Fsp3) is 0.524. The molecule has 2 unspecified atom stereocenters. The second kappa shape index (κ2) is 9.77. The Morgan fingerprint density at radius 2 is 2.09 bits per heavy atom. The van der Waals surface area contributed by atoms with Gasteiger partial charge in [-0.1, -0.05) is 17.8 Å². The van der Waals surface area contributed by atoms with Crippen LogP contribution in [0.25, 0.3) is 0 Å². The van der Waals surface area contributed by atoms with Gasteiger partial charge in [0.05, 0.1) is 26.6 Å². The summed E-state index contributed by atoms with van der Waals surface area (Å²) >= 11 is 1.09. The summed E-state index contributed by atoms with van der Waals surface area (Å²) in [6.45, 7) is 3.18. The van der Waals surface area contributed by atoms with Crippen LogP contribution in [0.2, 0.25) is 0 Å². The van der Waals surface area contributed by atoms with Gasteiger partial charge in [0.15, 0.2) is 15.0 Å². The summed E-state index contributed by atoms with van der Waals surface area (Å²) in [5.41, 5.74) is 0.182. The van der Waals surface area contributed by atoms with Gasteiger partial charge in [0.25, 0.3) is 0 Å². The van der Waals surface area contributed by atoms with Crippen LogP contribution in [0.5, 0.6) is 0 Å². The van der Waals surface area contributed by atoms with Crippen molar-refractivity contribution in [3.05, 3.63) is 47.3 Å². The van der Waals surface area contributed by atoms with E-state index >= 15 is 0 Å². The van der Waals surface area contributed by atoms with E-state index < -0.39 is 32.4 Å². The van der Waals surface area contributed by atoms with Gasteiger partial charge in [0.1, 0.15) is 12.8 Å². The minimum Gasteiger partial charge on any atom is -0.372 e. The minimum absolute atomic E-state index is 0.0281. The molecule has 1 fully saturated rings. The van der Waals surface area contributed by atoms with Gasteiger partial charge in [0.2, 0.25) is 0 Å². The SMILES string of the molecule is COCn1nc(CSC(C)=O)cc1C1CC(C)(S(=O)(=O)c2cccc(C(F)(F)F)c2)CCO1. The molecule has 182 valence electrons. The lowest BCUT2D eigenvalue weighted by molar-refractivity contribution is -0.137. The molecule has 33 heavy (non-hydrogen) atoms. The van der Waals surface area contributed by atoms with Gasteiger partial charge in [-0.25, -0.2) is 13.1 Å². The van der Waals surface area contributed by atoms with Crippen molar-refractivity contribution in [3.8, 4) is 0 Å². The molecule has 0 bridgehead atoms. The minimum atomic E-state index is -4.65. The summed E-state index contributed by atoms with van der Waals surface area (Å²) in [5, 5.41) is 4.35. The number of benzene rings is 1. The monoisotopic (exact) mass is 506 g/mol. The number of aromatic nitrogens is 2. The van der Waals surface area contributed by atoms with Crippen LogP contribution in [0.1, 0.15) is 49.7 Å². The van der Waals surface area contributed by atoms with Crippen molar-refractivity contribution in [2.75, 3.05) is 13.7 Å². The van der Waals surface area contributed by atoms with E-state index in [1.54, 1.807) is 10.7 Å². The first-order valence-corrected chi connectivity index (χ1v) is 12.6. The quantitative estimate of drug-likeness (QED) is 0.551. The highest BCUT2D eigenvalue weighted by Gasteiger charge is 2.46. The van der Waals surface area contributed by atoms with Crippen LogP contribution in [-0.4, -0.2) is 41.8 Å². The van der Waals surface area contributed by atoms with E-state index in [0.29, 0.717) is 23.2 Å². The van der Waals surface area contributed by atoms with Crippen molar-refractivity contribution in [3.63, 3.8) is 0 Å². The molecule has 3 rings (SSSR count). The van der Waals surface area contributed by atoms with Crippen molar-refractivity contribution in [1.29, 1.82) is 0 Å². The fourth-order valence-corrected chi connectivity index (χ4v) is 6.07. The summed E-state index contributed by atoms with van der Waals surface area (Å²) in [6, 6.07) is 5.55. The highest BCUT2D eigenvalue weighted by atomic mass is 32.2. The Morgan fingerprint density at radius 3 is 2.73 bits per heavy atom. The molecule has 0 amide bonds. The Bertz CT molecular complexity index is 1120. The summed E-state index contributed by atoms with van der Waals surface area (Å²) in [5.74, 6) is 0.339. The lowest BCUT2D eigenvalue weighted by Gasteiger charge is -2.37. The maximum Gasteiger partial charge on any atom is 0.416 e. The van der Waals surface area contributed by atoms with E-state index in [-0.39, 0.29) is 36.2 Å². The van der Waals surface area contributed by atoms with Crippen LogP contribution < -0.4 is 0 Å². The van der Waals surface area contributed by atoms with Crippen LogP contribution in [0.3, 0.4) is 0 Å². The maximum absolute atomic E-state index is 13.4. The molecule has 1 aromatic heterocycles. The summed E-state index contributed by atoms with van der Waals surface area (Å²) in [4.78, 5) is 10.9. The van der Waals surface area contributed by atoms with Gasteiger partial charge in [-0.3, -0.25) is 4.79 Å². The highest BCUT2D eigenvalue weighted by Crippen LogP contribution is 2.43. The normalized spacial score (nSPS) is 21.8. The molecule has 0 aliphatic carbocycles. The van der Waals surface area contributed by atoms with Crippen molar-refractivity contribution in [2.24, 2.45) is 0 Å². The molecule has 1 aliphatic heterocycles. The number of rotatable bonds is 7. The van der Waals surface area contributed by atoms with E-state index in [1.165, 1.54) is 27.0 Å². The van der Waals surface area contributed by atoms with E-state index in [9.17, 15) is 26.4 Å². The molecule has 2 atom stereocenters. The third kappa shape index (κ3) is 5.61. The fourth-order valence-electron chi connectivity index (χ4n) is 3.75. The maximum atomic E-state index is 13.4. The van der Waals surface area contributed by atoms with Crippen LogP contribution in [0.4, 0.5) is 13.2 Å². The first-order chi connectivity index (χ1) is 15.4. The number of thioether (sulfide) groups is 1. The predicted octanol–water partition coefficient (Wildman–Crippen LogP) is 4.37. The molecule has 7 nitrogen and oxygen atoms in total. The number of hydrogen-bond acceptors (Lipinski definition) is 7.